The zero-order valence-electron chi connectivity index (χ0n) is 18.7. The predicted octanol–water partition coefficient (Wildman–Crippen LogP) is 2.97. The number of nitrogens with zero attached hydrogens (tertiary/aromatic N) is 3. The van der Waals surface area contributed by atoms with Crippen LogP contribution in [0.15, 0.2) is 53.4 Å². The molecule has 0 unspecified atom stereocenters. The van der Waals surface area contributed by atoms with Crippen molar-refractivity contribution in [1.29, 1.82) is 0 Å². The Morgan fingerprint density at radius 3 is 2.52 bits per heavy atom. The normalized spacial score (nSPS) is 24.0. The SMILES string of the molecule is Cc1ccccc1CN1CC[C@@H]2Oc3ccccc3S(=O)(=O)N(CCN(C)C)[C@H]2CC1. The summed E-state index contributed by atoms with van der Waals surface area (Å²) in [6.45, 7) is 5.91. The molecule has 2 aromatic carbocycles. The summed E-state index contributed by atoms with van der Waals surface area (Å²) in [6.07, 6.45) is 1.42. The van der Waals surface area contributed by atoms with Crippen molar-refractivity contribution < 1.29 is 13.2 Å². The molecule has 4 rings (SSSR count). The van der Waals surface area contributed by atoms with E-state index in [9.17, 15) is 8.42 Å². The Morgan fingerprint density at radius 2 is 1.74 bits per heavy atom. The number of benzene rings is 2. The second-order valence-corrected chi connectivity index (χ2v) is 10.7. The van der Waals surface area contributed by atoms with Gasteiger partial charge in [0.05, 0.1) is 6.04 Å². The van der Waals surface area contributed by atoms with Crippen LogP contribution in [0.1, 0.15) is 24.0 Å². The van der Waals surface area contributed by atoms with Gasteiger partial charge < -0.3 is 9.64 Å². The number of ether oxygens (including phenoxy) is 1. The summed E-state index contributed by atoms with van der Waals surface area (Å²) in [7, 11) is 0.330. The molecule has 0 saturated carbocycles. The van der Waals surface area contributed by atoms with Gasteiger partial charge in [-0.3, -0.25) is 4.90 Å². The van der Waals surface area contributed by atoms with Crippen molar-refractivity contribution in [2.24, 2.45) is 0 Å². The fourth-order valence-corrected chi connectivity index (χ4v) is 6.37. The van der Waals surface area contributed by atoms with Gasteiger partial charge in [0.2, 0.25) is 10.0 Å². The van der Waals surface area contributed by atoms with E-state index in [1.54, 1.807) is 22.5 Å². The number of para-hydroxylation sites is 1. The molecule has 7 heteroatoms. The Kier molecular flexibility index (Phi) is 6.67. The van der Waals surface area contributed by atoms with E-state index in [-0.39, 0.29) is 12.1 Å². The number of likely N-dealkylation sites (N-methyl/N-ethyl adjacent to an activating group) is 1. The van der Waals surface area contributed by atoms with Gasteiger partial charge in [-0.2, -0.15) is 4.31 Å². The van der Waals surface area contributed by atoms with Crippen LogP contribution in [0.5, 0.6) is 5.75 Å². The lowest BCUT2D eigenvalue weighted by molar-refractivity contribution is 0.110. The van der Waals surface area contributed by atoms with E-state index in [1.165, 1.54) is 11.1 Å². The molecule has 0 amide bonds. The average Bonchev–Trinajstić information content (AvgIpc) is 2.97. The van der Waals surface area contributed by atoms with Gasteiger partial charge in [0.25, 0.3) is 0 Å². The van der Waals surface area contributed by atoms with Crippen molar-refractivity contribution in [2.45, 2.75) is 43.4 Å². The monoisotopic (exact) mass is 443 g/mol. The van der Waals surface area contributed by atoms with Crippen LogP contribution in [-0.2, 0) is 16.6 Å². The Bertz CT molecular complexity index is 1010. The first kappa shape index (κ1) is 22.3. The summed E-state index contributed by atoms with van der Waals surface area (Å²) in [6, 6.07) is 15.4. The summed E-state index contributed by atoms with van der Waals surface area (Å²) < 4.78 is 35.4. The first-order chi connectivity index (χ1) is 14.9. The number of sulfonamides is 1. The van der Waals surface area contributed by atoms with Crippen molar-refractivity contribution in [2.75, 3.05) is 40.3 Å². The van der Waals surface area contributed by atoms with E-state index >= 15 is 0 Å². The predicted molar refractivity (Wildman–Crippen MR) is 123 cm³/mol. The first-order valence-electron chi connectivity index (χ1n) is 11.1. The van der Waals surface area contributed by atoms with E-state index in [4.69, 9.17) is 4.74 Å². The quantitative estimate of drug-likeness (QED) is 0.711. The molecule has 0 aromatic heterocycles. The third kappa shape index (κ3) is 4.80. The van der Waals surface area contributed by atoms with Crippen LogP contribution in [0.4, 0.5) is 0 Å². The van der Waals surface area contributed by atoms with Crippen molar-refractivity contribution in [3.05, 3.63) is 59.7 Å². The zero-order valence-corrected chi connectivity index (χ0v) is 19.5. The fraction of sp³-hybridized carbons (Fsp3) is 0.500. The third-order valence-electron chi connectivity index (χ3n) is 6.41. The van der Waals surface area contributed by atoms with Gasteiger partial charge in [-0.15, -0.1) is 0 Å². The Morgan fingerprint density at radius 1 is 1.03 bits per heavy atom. The molecule has 0 radical (unpaired) electrons. The molecule has 2 heterocycles. The van der Waals surface area contributed by atoms with Crippen LogP contribution in [0, 0.1) is 6.92 Å². The fourth-order valence-electron chi connectivity index (χ4n) is 4.58. The van der Waals surface area contributed by atoms with E-state index in [1.807, 2.05) is 25.1 Å². The van der Waals surface area contributed by atoms with Gasteiger partial charge in [-0.1, -0.05) is 36.4 Å². The largest absolute Gasteiger partial charge is 0.487 e. The van der Waals surface area contributed by atoms with Crippen molar-refractivity contribution in [1.82, 2.24) is 14.1 Å². The smallest absolute Gasteiger partial charge is 0.247 e. The van der Waals surface area contributed by atoms with Crippen molar-refractivity contribution >= 4 is 10.0 Å². The van der Waals surface area contributed by atoms with Crippen molar-refractivity contribution in [3.63, 3.8) is 0 Å². The van der Waals surface area contributed by atoms with E-state index in [0.29, 0.717) is 23.7 Å². The van der Waals surface area contributed by atoms with Gasteiger partial charge in [0.15, 0.2) is 0 Å². The maximum Gasteiger partial charge on any atom is 0.247 e. The van der Waals surface area contributed by atoms with Crippen LogP contribution in [-0.4, -0.2) is 74.9 Å². The highest BCUT2D eigenvalue weighted by Gasteiger charge is 2.43. The van der Waals surface area contributed by atoms with E-state index in [2.05, 4.69) is 36.1 Å². The molecule has 0 bridgehead atoms. The van der Waals surface area contributed by atoms with Gasteiger partial charge in [-0.05, 0) is 57.1 Å². The molecular formula is C24H33N3O3S. The maximum absolute atomic E-state index is 13.6. The van der Waals surface area contributed by atoms with Gasteiger partial charge >= 0.3 is 0 Å². The summed E-state index contributed by atoms with van der Waals surface area (Å²) in [5.74, 6) is 0.484. The lowest BCUT2D eigenvalue weighted by atomic mass is 10.1. The van der Waals surface area contributed by atoms with Crippen LogP contribution in [0.3, 0.4) is 0 Å². The third-order valence-corrected chi connectivity index (χ3v) is 8.37. The molecule has 0 N–H and O–H groups in total. The molecule has 2 atom stereocenters. The van der Waals surface area contributed by atoms with E-state index in [0.717, 1.165) is 32.5 Å². The average molecular weight is 444 g/mol. The lowest BCUT2D eigenvalue weighted by Crippen LogP contribution is -2.49. The molecule has 2 aliphatic rings. The lowest BCUT2D eigenvalue weighted by Gasteiger charge is -2.32. The minimum absolute atomic E-state index is 0.151. The Labute approximate surface area is 186 Å². The molecule has 168 valence electrons. The molecular weight excluding hydrogens is 410 g/mol. The number of fused-ring (bicyclic) bond motifs is 2. The van der Waals surface area contributed by atoms with E-state index < -0.39 is 10.0 Å². The highest BCUT2D eigenvalue weighted by atomic mass is 32.2. The van der Waals surface area contributed by atoms with Crippen LogP contribution >= 0.6 is 0 Å². The maximum atomic E-state index is 13.6. The zero-order chi connectivity index (χ0) is 22.0. The summed E-state index contributed by atoms with van der Waals surface area (Å²) in [4.78, 5) is 4.75. The second kappa shape index (κ2) is 9.28. The number of hydrogen-bond donors (Lipinski definition) is 0. The topological polar surface area (TPSA) is 53.1 Å². The van der Waals surface area contributed by atoms with Gasteiger partial charge in [0.1, 0.15) is 16.7 Å². The van der Waals surface area contributed by atoms with Crippen molar-refractivity contribution in [3.8, 4) is 5.75 Å². The minimum Gasteiger partial charge on any atom is -0.487 e. The van der Waals surface area contributed by atoms with Gasteiger partial charge in [-0.25, -0.2) is 8.42 Å². The van der Waals surface area contributed by atoms with Crippen LogP contribution < -0.4 is 4.74 Å². The van der Waals surface area contributed by atoms with Crippen LogP contribution in [0.25, 0.3) is 0 Å². The summed E-state index contributed by atoms with van der Waals surface area (Å²) in [5, 5.41) is 0. The summed E-state index contributed by atoms with van der Waals surface area (Å²) >= 11 is 0. The minimum atomic E-state index is -3.62. The molecule has 31 heavy (non-hydrogen) atoms. The Balaban J connectivity index is 1.62. The number of likely N-dealkylation sites (tertiary alicyclic amines) is 1. The van der Waals surface area contributed by atoms with Crippen LogP contribution in [0.2, 0.25) is 0 Å². The molecule has 6 nitrogen and oxygen atoms in total. The molecule has 1 saturated heterocycles. The number of rotatable bonds is 5. The number of aryl methyl sites for hydroxylation is 1. The van der Waals surface area contributed by atoms with Gasteiger partial charge in [0, 0.05) is 32.7 Å². The molecule has 0 spiro atoms. The molecule has 2 aromatic rings. The second-order valence-electron chi connectivity index (χ2n) is 8.87. The number of hydrogen-bond acceptors (Lipinski definition) is 5. The molecule has 0 aliphatic carbocycles. The highest BCUT2D eigenvalue weighted by molar-refractivity contribution is 7.89. The summed E-state index contributed by atoms with van der Waals surface area (Å²) in [5.41, 5.74) is 2.62. The first-order valence-corrected chi connectivity index (χ1v) is 12.5. The standard InChI is InChI=1S/C24H33N3O3S/c1-19-8-4-5-9-20(19)18-26-14-12-21-22(13-15-26)30-23-10-6-7-11-24(23)31(28,29)27(21)17-16-25(2)3/h4-11,21-22H,12-18H2,1-3H3/t21-,22-/m0/s1. The highest BCUT2D eigenvalue weighted by Crippen LogP contribution is 2.36. The molecule has 2 aliphatic heterocycles. The Hall–Kier alpha value is -1.93. The molecule has 1 fully saturated rings.